The number of hydrogen-bond donors (Lipinski definition) is 1. The van der Waals surface area contributed by atoms with Crippen LogP contribution in [0.3, 0.4) is 0 Å². The van der Waals surface area contributed by atoms with Crippen molar-refractivity contribution in [2.45, 2.75) is 26.7 Å². The summed E-state index contributed by atoms with van der Waals surface area (Å²) in [6.07, 6.45) is 6.01. The monoisotopic (exact) mass is 319 g/mol. The first-order chi connectivity index (χ1) is 11.8. The van der Waals surface area contributed by atoms with Gasteiger partial charge in [-0.2, -0.15) is 0 Å². The molecule has 1 fully saturated rings. The Morgan fingerprint density at radius 3 is 2.29 bits per heavy atom. The highest BCUT2D eigenvalue weighted by Crippen LogP contribution is 2.28. The quantitative estimate of drug-likeness (QED) is 0.846. The molecule has 124 valence electrons. The lowest BCUT2D eigenvalue weighted by Crippen LogP contribution is -2.31. The number of aliphatic imine (C=N–C) groups is 1. The molecule has 3 nitrogen and oxygen atoms in total. The first-order valence-electron chi connectivity index (χ1n) is 8.68. The van der Waals surface area contributed by atoms with Crippen LogP contribution in [0.15, 0.2) is 59.9 Å². The van der Waals surface area contributed by atoms with E-state index in [1.165, 1.54) is 29.7 Å². The average Bonchev–Trinajstić information content (AvgIpc) is 2.67. The Balaban J connectivity index is 2.03. The van der Waals surface area contributed by atoms with Crippen LogP contribution in [0, 0.1) is 5.92 Å². The molecule has 0 radical (unpaired) electrons. The first-order valence-corrected chi connectivity index (χ1v) is 8.68. The van der Waals surface area contributed by atoms with Crippen LogP contribution in [0.25, 0.3) is 11.3 Å². The summed E-state index contributed by atoms with van der Waals surface area (Å²) in [5.41, 5.74) is 5.83. The van der Waals surface area contributed by atoms with E-state index in [4.69, 9.17) is 4.99 Å². The van der Waals surface area contributed by atoms with Gasteiger partial charge in [0, 0.05) is 23.7 Å². The first kappa shape index (κ1) is 16.6. The molecule has 1 saturated heterocycles. The smallest absolute Gasteiger partial charge is 0.0737 e. The second-order valence-corrected chi connectivity index (χ2v) is 6.35. The van der Waals surface area contributed by atoms with Crippen molar-refractivity contribution in [3.05, 3.63) is 66.0 Å². The van der Waals surface area contributed by atoms with Crippen LogP contribution in [-0.4, -0.2) is 23.8 Å². The zero-order valence-electron chi connectivity index (χ0n) is 14.5. The maximum Gasteiger partial charge on any atom is 0.0737 e. The fourth-order valence-corrected chi connectivity index (χ4v) is 3.21. The van der Waals surface area contributed by atoms with Gasteiger partial charge in [0.1, 0.15) is 0 Å². The number of hydrogen-bond acceptors (Lipinski definition) is 3. The molecule has 2 heterocycles. The molecule has 0 atom stereocenters. The molecule has 1 aliphatic heterocycles. The predicted molar refractivity (Wildman–Crippen MR) is 102 cm³/mol. The number of aromatic nitrogens is 1. The Hall–Kier alpha value is -2.26. The van der Waals surface area contributed by atoms with E-state index in [2.05, 4.69) is 48.4 Å². The summed E-state index contributed by atoms with van der Waals surface area (Å²) in [5.74, 6) is 0.576. The van der Waals surface area contributed by atoms with E-state index in [0.717, 1.165) is 24.4 Å². The molecule has 0 aliphatic carbocycles. The minimum Gasteiger partial charge on any atom is -0.317 e. The standard InChI is InChI=1S/C21H25N3/c1-16(18-6-4-3-5-7-18)21(20-10-14-23-15-11-20)24-17(2)19-8-12-22-13-9-19/h3-7,10-11,14-15,19,22H,8-9,12-13H2,1-2H3/b21-16+,24-17?. The van der Waals surface area contributed by atoms with Gasteiger partial charge in [-0.15, -0.1) is 0 Å². The van der Waals surface area contributed by atoms with Gasteiger partial charge in [0.15, 0.2) is 0 Å². The van der Waals surface area contributed by atoms with Crippen molar-refractivity contribution in [3.8, 4) is 0 Å². The molecule has 2 aromatic rings. The van der Waals surface area contributed by atoms with Crippen molar-refractivity contribution in [1.82, 2.24) is 10.3 Å². The molecule has 1 aromatic carbocycles. The Kier molecular flexibility index (Phi) is 5.55. The maximum absolute atomic E-state index is 5.09. The number of allylic oxidation sites excluding steroid dienone is 1. The molecule has 1 aliphatic rings. The number of piperidine rings is 1. The lowest BCUT2D eigenvalue weighted by Gasteiger charge is -2.23. The summed E-state index contributed by atoms with van der Waals surface area (Å²) >= 11 is 0. The van der Waals surface area contributed by atoms with E-state index in [0.29, 0.717) is 5.92 Å². The third-order valence-corrected chi connectivity index (χ3v) is 4.73. The number of rotatable bonds is 4. The van der Waals surface area contributed by atoms with Gasteiger partial charge in [-0.3, -0.25) is 9.98 Å². The zero-order chi connectivity index (χ0) is 16.8. The van der Waals surface area contributed by atoms with E-state index >= 15 is 0 Å². The van der Waals surface area contributed by atoms with E-state index in [9.17, 15) is 0 Å². The Morgan fingerprint density at radius 2 is 1.62 bits per heavy atom. The summed E-state index contributed by atoms with van der Waals surface area (Å²) in [6, 6.07) is 14.6. The zero-order valence-corrected chi connectivity index (χ0v) is 14.5. The van der Waals surface area contributed by atoms with Crippen LogP contribution in [0.1, 0.15) is 37.8 Å². The van der Waals surface area contributed by atoms with Gasteiger partial charge in [-0.1, -0.05) is 30.3 Å². The van der Waals surface area contributed by atoms with Gasteiger partial charge in [0.2, 0.25) is 0 Å². The molecule has 0 bridgehead atoms. The Bertz CT molecular complexity index is 711. The van der Waals surface area contributed by atoms with Crippen molar-refractivity contribution in [1.29, 1.82) is 0 Å². The van der Waals surface area contributed by atoms with E-state index < -0.39 is 0 Å². The largest absolute Gasteiger partial charge is 0.317 e. The molecular weight excluding hydrogens is 294 g/mol. The fraction of sp³-hybridized carbons (Fsp3) is 0.333. The number of pyridine rings is 1. The van der Waals surface area contributed by atoms with E-state index in [1.807, 2.05) is 30.6 Å². The minimum atomic E-state index is 0.576. The number of benzene rings is 1. The lowest BCUT2D eigenvalue weighted by molar-refractivity contribution is 0.455. The van der Waals surface area contributed by atoms with Gasteiger partial charge in [0.25, 0.3) is 0 Å². The molecule has 0 spiro atoms. The summed E-state index contributed by atoms with van der Waals surface area (Å²) in [6.45, 7) is 6.51. The minimum absolute atomic E-state index is 0.576. The van der Waals surface area contributed by atoms with Gasteiger partial charge in [0.05, 0.1) is 5.70 Å². The topological polar surface area (TPSA) is 37.3 Å². The highest BCUT2D eigenvalue weighted by molar-refractivity contribution is 5.97. The van der Waals surface area contributed by atoms with Gasteiger partial charge >= 0.3 is 0 Å². The molecule has 1 N–H and O–H groups in total. The van der Waals surface area contributed by atoms with Crippen LogP contribution in [0.4, 0.5) is 0 Å². The normalized spacial score (nSPS) is 17.5. The average molecular weight is 319 g/mol. The summed E-state index contributed by atoms with van der Waals surface area (Å²) in [4.78, 5) is 9.24. The Morgan fingerprint density at radius 1 is 0.958 bits per heavy atom. The predicted octanol–water partition coefficient (Wildman–Crippen LogP) is 4.43. The molecule has 0 saturated carbocycles. The van der Waals surface area contributed by atoms with Crippen molar-refractivity contribution >= 4 is 17.0 Å². The van der Waals surface area contributed by atoms with Crippen LogP contribution in [0.5, 0.6) is 0 Å². The molecule has 3 heteroatoms. The highest BCUT2D eigenvalue weighted by Gasteiger charge is 2.17. The molecule has 3 rings (SSSR count). The third kappa shape index (κ3) is 3.98. The van der Waals surface area contributed by atoms with Crippen LogP contribution in [0.2, 0.25) is 0 Å². The second-order valence-electron chi connectivity index (χ2n) is 6.35. The molecular formula is C21H25N3. The summed E-state index contributed by atoms with van der Waals surface area (Å²) < 4.78 is 0. The maximum atomic E-state index is 5.09. The van der Waals surface area contributed by atoms with E-state index in [1.54, 1.807) is 0 Å². The highest BCUT2D eigenvalue weighted by atomic mass is 14.9. The van der Waals surface area contributed by atoms with Crippen molar-refractivity contribution < 1.29 is 0 Å². The van der Waals surface area contributed by atoms with Gasteiger partial charge < -0.3 is 5.32 Å². The van der Waals surface area contributed by atoms with Gasteiger partial charge in [-0.25, -0.2) is 0 Å². The lowest BCUT2D eigenvalue weighted by atomic mass is 9.93. The SMILES string of the molecule is CC(=N/C(=C(\C)c1ccccc1)c1ccncc1)C1CCNCC1. The number of nitrogens with one attached hydrogen (secondary N) is 1. The number of nitrogens with zero attached hydrogens (tertiary/aromatic N) is 2. The fourth-order valence-electron chi connectivity index (χ4n) is 3.21. The molecule has 0 amide bonds. The molecule has 24 heavy (non-hydrogen) atoms. The second kappa shape index (κ2) is 8.02. The third-order valence-electron chi connectivity index (χ3n) is 4.73. The Labute approximate surface area is 144 Å². The van der Waals surface area contributed by atoms with Crippen molar-refractivity contribution in [3.63, 3.8) is 0 Å². The summed E-state index contributed by atoms with van der Waals surface area (Å²) in [5, 5.41) is 3.43. The summed E-state index contributed by atoms with van der Waals surface area (Å²) in [7, 11) is 0. The van der Waals surface area contributed by atoms with Gasteiger partial charge in [-0.05, 0) is 69.0 Å². The van der Waals surface area contributed by atoms with Crippen molar-refractivity contribution in [2.75, 3.05) is 13.1 Å². The molecule has 1 aromatic heterocycles. The van der Waals surface area contributed by atoms with Crippen LogP contribution in [-0.2, 0) is 0 Å². The van der Waals surface area contributed by atoms with Crippen LogP contribution < -0.4 is 5.32 Å². The molecule has 0 unspecified atom stereocenters. The van der Waals surface area contributed by atoms with Crippen molar-refractivity contribution in [2.24, 2.45) is 10.9 Å². The van der Waals surface area contributed by atoms with E-state index in [-0.39, 0.29) is 0 Å². The van der Waals surface area contributed by atoms with Crippen LogP contribution >= 0.6 is 0 Å².